The van der Waals surface area contributed by atoms with Gasteiger partial charge in [0.2, 0.25) is 5.91 Å². The molecule has 0 aliphatic rings. The Morgan fingerprint density at radius 1 is 1.44 bits per heavy atom. The van der Waals surface area contributed by atoms with E-state index in [4.69, 9.17) is 5.73 Å². The van der Waals surface area contributed by atoms with Crippen LogP contribution in [-0.4, -0.2) is 12.5 Å². The van der Waals surface area contributed by atoms with Crippen LogP contribution in [0, 0.1) is 13.8 Å². The Hall–Kier alpha value is -1.35. The van der Waals surface area contributed by atoms with Crippen molar-refractivity contribution in [3.63, 3.8) is 0 Å². The summed E-state index contributed by atoms with van der Waals surface area (Å²) in [5, 5.41) is 3.17. The summed E-state index contributed by atoms with van der Waals surface area (Å²) in [6.07, 6.45) is 0.981. The minimum Gasteiger partial charge on any atom is -0.368 e. The van der Waals surface area contributed by atoms with Crippen LogP contribution in [0.3, 0.4) is 0 Å². The molecular weight excluding hydrogens is 200 g/mol. The van der Waals surface area contributed by atoms with Gasteiger partial charge in [-0.2, -0.15) is 0 Å². The normalized spacial score (nSPS) is 12.4. The maximum absolute atomic E-state index is 11.4. The van der Waals surface area contributed by atoms with E-state index in [-0.39, 0.29) is 11.9 Å². The summed E-state index contributed by atoms with van der Waals surface area (Å²) < 4.78 is 0. The lowest BCUT2D eigenvalue weighted by molar-refractivity contribution is -0.120. The molecule has 0 saturated heterocycles. The summed E-state index contributed by atoms with van der Waals surface area (Å²) in [5.74, 6) is -0.319. The molecule has 1 amide bonds. The van der Waals surface area contributed by atoms with Crippen LogP contribution in [0.15, 0.2) is 18.2 Å². The number of rotatable bonds is 5. The third kappa shape index (κ3) is 3.07. The molecule has 0 spiro atoms. The highest BCUT2D eigenvalue weighted by molar-refractivity contribution is 5.81. The first-order chi connectivity index (χ1) is 7.56. The van der Waals surface area contributed by atoms with Gasteiger partial charge in [0, 0.05) is 0 Å². The maximum Gasteiger partial charge on any atom is 0.239 e. The van der Waals surface area contributed by atoms with Crippen molar-refractivity contribution in [3.05, 3.63) is 34.9 Å². The molecule has 0 aromatic heterocycles. The zero-order valence-corrected chi connectivity index (χ0v) is 10.2. The molecule has 0 heterocycles. The van der Waals surface area contributed by atoms with Crippen molar-refractivity contribution in [3.8, 4) is 0 Å². The molecule has 3 nitrogen and oxygen atoms in total. The zero-order valence-electron chi connectivity index (χ0n) is 10.2. The van der Waals surface area contributed by atoms with Crippen LogP contribution in [0.5, 0.6) is 0 Å². The molecule has 88 valence electrons. The molecule has 0 radical (unpaired) electrons. The summed E-state index contributed by atoms with van der Waals surface area (Å²) in [6, 6.07) is 5.67. The highest BCUT2D eigenvalue weighted by Gasteiger charge is 2.18. The van der Waals surface area contributed by atoms with Crippen LogP contribution in [0.1, 0.15) is 36.1 Å². The van der Waals surface area contributed by atoms with E-state index in [1.165, 1.54) is 5.56 Å². The molecule has 3 heteroatoms. The Morgan fingerprint density at radius 3 is 2.62 bits per heavy atom. The summed E-state index contributed by atoms with van der Waals surface area (Å²) in [4.78, 5) is 11.4. The van der Waals surface area contributed by atoms with E-state index in [1.54, 1.807) is 0 Å². The molecule has 0 bridgehead atoms. The smallest absolute Gasteiger partial charge is 0.239 e. The highest BCUT2D eigenvalue weighted by atomic mass is 16.1. The van der Waals surface area contributed by atoms with E-state index in [2.05, 4.69) is 18.3 Å². The number of hydrogen-bond donors (Lipinski definition) is 2. The van der Waals surface area contributed by atoms with Crippen LogP contribution >= 0.6 is 0 Å². The van der Waals surface area contributed by atoms with Gasteiger partial charge in [-0.15, -0.1) is 0 Å². The van der Waals surface area contributed by atoms with Crippen molar-refractivity contribution in [2.45, 2.75) is 33.2 Å². The Balaban J connectivity index is 2.96. The molecule has 0 saturated carbocycles. The fourth-order valence-electron chi connectivity index (χ4n) is 1.80. The van der Waals surface area contributed by atoms with Crippen LogP contribution in [0.2, 0.25) is 0 Å². The van der Waals surface area contributed by atoms with Gasteiger partial charge in [-0.1, -0.05) is 30.7 Å². The zero-order chi connectivity index (χ0) is 12.1. The highest BCUT2D eigenvalue weighted by Crippen LogP contribution is 2.18. The van der Waals surface area contributed by atoms with Crippen molar-refractivity contribution in [1.29, 1.82) is 0 Å². The van der Waals surface area contributed by atoms with Gasteiger partial charge in [0.1, 0.15) is 6.04 Å². The Bertz CT molecular complexity index is 374. The van der Waals surface area contributed by atoms with E-state index in [9.17, 15) is 4.79 Å². The van der Waals surface area contributed by atoms with Crippen LogP contribution in [-0.2, 0) is 4.79 Å². The quantitative estimate of drug-likeness (QED) is 0.795. The topological polar surface area (TPSA) is 55.1 Å². The van der Waals surface area contributed by atoms with Crippen molar-refractivity contribution >= 4 is 5.91 Å². The van der Waals surface area contributed by atoms with Gasteiger partial charge in [-0.3, -0.25) is 4.79 Å². The molecule has 1 atom stereocenters. The second-order valence-electron chi connectivity index (χ2n) is 4.15. The van der Waals surface area contributed by atoms with Gasteiger partial charge in [0.05, 0.1) is 0 Å². The lowest BCUT2D eigenvalue weighted by Gasteiger charge is -2.17. The SMILES string of the molecule is CCCNC(C(N)=O)c1ccc(C)cc1C. The van der Waals surface area contributed by atoms with E-state index in [0.717, 1.165) is 24.1 Å². The number of hydrogen-bond acceptors (Lipinski definition) is 2. The summed E-state index contributed by atoms with van der Waals surface area (Å²) in [7, 11) is 0. The third-order valence-corrected chi connectivity index (χ3v) is 2.62. The predicted molar refractivity (Wildman–Crippen MR) is 66.1 cm³/mol. The van der Waals surface area contributed by atoms with Crippen LogP contribution < -0.4 is 11.1 Å². The van der Waals surface area contributed by atoms with Crippen LogP contribution in [0.4, 0.5) is 0 Å². The summed E-state index contributed by atoms with van der Waals surface area (Å²) in [6.45, 7) is 6.90. The first-order valence-electron chi connectivity index (χ1n) is 5.66. The molecule has 0 aliphatic heterocycles. The first kappa shape index (κ1) is 12.7. The van der Waals surface area contributed by atoms with Crippen molar-refractivity contribution in [2.75, 3.05) is 6.54 Å². The van der Waals surface area contributed by atoms with Gasteiger partial charge in [-0.05, 0) is 37.9 Å². The summed E-state index contributed by atoms with van der Waals surface area (Å²) in [5.41, 5.74) is 8.69. The van der Waals surface area contributed by atoms with E-state index in [0.29, 0.717) is 0 Å². The van der Waals surface area contributed by atoms with Crippen molar-refractivity contribution in [1.82, 2.24) is 5.32 Å². The first-order valence-corrected chi connectivity index (χ1v) is 5.66. The minimum absolute atomic E-state index is 0.319. The molecule has 0 fully saturated rings. The summed E-state index contributed by atoms with van der Waals surface area (Å²) >= 11 is 0. The molecule has 1 aromatic carbocycles. The number of nitrogens with one attached hydrogen (secondary N) is 1. The largest absolute Gasteiger partial charge is 0.368 e. The number of benzene rings is 1. The molecule has 1 unspecified atom stereocenters. The maximum atomic E-state index is 11.4. The fourth-order valence-corrected chi connectivity index (χ4v) is 1.80. The van der Waals surface area contributed by atoms with Gasteiger partial charge in [0.15, 0.2) is 0 Å². The average Bonchev–Trinajstić information content (AvgIpc) is 2.20. The average molecular weight is 220 g/mol. The lowest BCUT2D eigenvalue weighted by atomic mass is 9.98. The van der Waals surface area contributed by atoms with Gasteiger partial charge >= 0.3 is 0 Å². The van der Waals surface area contributed by atoms with Crippen LogP contribution in [0.25, 0.3) is 0 Å². The standard InChI is InChI=1S/C13H20N2O/c1-4-7-15-12(13(14)16)11-6-5-9(2)8-10(11)3/h5-6,8,12,15H,4,7H2,1-3H3,(H2,14,16). The lowest BCUT2D eigenvalue weighted by Crippen LogP contribution is -2.34. The molecular formula is C13H20N2O. The Morgan fingerprint density at radius 2 is 2.12 bits per heavy atom. The monoisotopic (exact) mass is 220 g/mol. The Kier molecular flexibility index (Phi) is 4.50. The molecule has 3 N–H and O–H groups in total. The van der Waals surface area contributed by atoms with E-state index in [1.807, 2.05) is 26.0 Å². The van der Waals surface area contributed by atoms with E-state index >= 15 is 0 Å². The van der Waals surface area contributed by atoms with Crippen molar-refractivity contribution in [2.24, 2.45) is 5.73 Å². The molecule has 1 rings (SSSR count). The number of carbonyl (C=O) groups excluding carboxylic acids is 1. The van der Waals surface area contributed by atoms with Gasteiger partial charge in [-0.25, -0.2) is 0 Å². The Labute approximate surface area is 97.0 Å². The molecule has 0 aliphatic carbocycles. The molecule has 1 aromatic rings. The minimum atomic E-state index is -0.374. The third-order valence-electron chi connectivity index (χ3n) is 2.62. The number of carbonyl (C=O) groups is 1. The van der Waals surface area contributed by atoms with Gasteiger partial charge < -0.3 is 11.1 Å². The number of nitrogens with two attached hydrogens (primary N) is 1. The molecule has 16 heavy (non-hydrogen) atoms. The van der Waals surface area contributed by atoms with E-state index < -0.39 is 0 Å². The second kappa shape index (κ2) is 5.66. The second-order valence-corrected chi connectivity index (χ2v) is 4.15. The fraction of sp³-hybridized carbons (Fsp3) is 0.462. The van der Waals surface area contributed by atoms with Crippen molar-refractivity contribution < 1.29 is 4.79 Å². The number of primary amides is 1. The number of aryl methyl sites for hydroxylation is 2. The number of amides is 1. The van der Waals surface area contributed by atoms with Gasteiger partial charge in [0.25, 0.3) is 0 Å². The predicted octanol–water partition coefficient (Wildman–Crippen LogP) is 1.83.